The van der Waals surface area contributed by atoms with Crippen LogP contribution in [-0.4, -0.2) is 52.9 Å². The van der Waals surface area contributed by atoms with E-state index in [1.165, 1.54) is 25.7 Å². The van der Waals surface area contributed by atoms with Crippen molar-refractivity contribution < 1.29 is 4.79 Å². The lowest BCUT2D eigenvalue weighted by Crippen LogP contribution is -2.57. The van der Waals surface area contributed by atoms with Crippen LogP contribution >= 0.6 is 0 Å². The Morgan fingerprint density at radius 3 is 2.07 bits per heavy atom. The molecule has 1 spiro atoms. The summed E-state index contributed by atoms with van der Waals surface area (Å²) in [7, 11) is 0. The molecule has 0 N–H and O–H groups in total. The summed E-state index contributed by atoms with van der Waals surface area (Å²) in [6.45, 7) is 14.5. The third kappa shape index (κ3) is 4.99. The highest BCUT2D eigenvalue weighted by molar-refractivity contribution is 5.78. The molecule has 5 nitrogen and oxygen atoms in total. The van der Waals surface area contributed by atoms with E-state index in [2.05, 4.69) is 33.6 Å². The summed E-state index contributed by atoms with van der Waals surface area (Å²) in [5.74, 6) is 2.06. The third-order valence-corrected chi connectivity index (χ3v) is 7.33. The van der Waals surface area contributed by atoms with Gasteiger partial charge in [-0.3, -0.25) is 9.69 Å². The molecule has 1 aromatic rings. The van der Waals surface area contributed by atoms with Gasteiger partial charge in [-0.15, -0.1) is 0 Å². The van der Waals surface area contributed by atoms with E-state index in [0.717, 1.165) is 56.6 Å². The number of ketones is 1. The number of carbonyl (C=O) groups excluding carboxylic acids is 1. The molecule has 4 rings (SSSR count). The van der Waals surface area contributed by atoms with Gasteiger partial charge in [0.2, 0.25) is 0 Å². The van der Waals surface area contributed by atoms with Gasteiger partial charge in [0.1, 0.15) is 11.6 Å². The van der Waals surface area contributed by atoms with Crippen LogP contribution in [0.15, 0.2) is 12.4 Å². The Kier molecular flexibility index (Phi) is 7.31. The minimum Gasteiger partial charge on any atom is -0.366 e. The average Bonchev–Trinajstić information content (AvgIpc) is 2.74. The Morgan fingerprint density at radius 1 is 1.03 bits per heavy atom. The lowest BCUT2D eigenvalue weighted by atomic mass is 9.56. The van der Waals surface area contributed by atoms with Crippen LogP contribution in [0.2, 0.25) is 0 Å². The van der Waals surface area contributed by atoms with E-state index < -0.39 is 0 Å². The first kappa shape index (κ1) is 22.2. The molecule has 2 heterocycles. The van der Waals surface area contributed by atoms with Gasteiger partial charge < -0.3 is 4.90 Å². The van der Waals surface area contributed by atoms with Gasteiger partial charge in [-0.1, -0.05) is 27.7 Å². The molecule has 0 unspecified atom stereocenters. The minimum atomic E-state index is 0.350. The van der Waals surface area contributed by atoms with Gasteiger partial charge in [0, 0.05) is 44.1 Å². The number of carbonyl (C=O) groups is 1. The van der Waals surface area contributed by atoms with Gasteiger partial charge in [-0.25, -0.2) is 9.97 Å². The molecule has 0 aromatic carbocycles. The Bertz CT molecular complexity index is 648. The molecule has 1 aliphatic heterocycles. The van der Waals surface area contributed by atoms with Crippen LogP contribution in [0.1, 0.15) is 84.9 Å². The zero-order valence-corrected chi connectivity index (χ0v) is 19.2. The molecule has 0 bridgehead atoms. The molecule has 29 heavy (non-hydrogen) atoms. The molecule has 3 aliphatic rings. The van der Waals surface area contributed by atoms with E-state index >= 15 is 0 Å². The lowest BCUT2D eigenvalue weighted by Gasteiger charge is -2.56. The average molecular weight is 401 g/mol. The molecule has 2 aliphatic carbocycles. The standard InChI is InChI=1S/C22H34N4O.C2H6/c1-16(2)21-23-14-20(15-24-21)26-10-8-25(9-11-26)19-12-22(13-19)6-4-18(5-7-22)17(3)27;1-2/h14-16,18-19H,4-13H2,1-3H3;1-2H3. The predicted octanol–water partition coefficient (Wildman–Crippen LogP) is 4.68. The second kappa shape index (κ2) is 9.55. The van der Waals surface area contributed by atoms with E-state index in [9.17, 15) is 4.79 Å². The van der Waals surface area contributed by atoms with Crippen molar-refractivity contribution in [3.05, 3.63) is 18.2 Å². The number of Topliss-reactive ketones (excluding diaryl/α,β-unsaturated/α-hetero) is 1. The van der Waals surface area contributed by atoms with E-state index in [1.54, 1.807) is 6.92 Å². The number of hydrogen-bond acceptors (Lipinski definition) is 5. The Balaban J connectivity index is 0.00000117. The largest absolute Gasteiger partial charge is 0.366 e. The fourth-order valence-electron chi connectivity index (χ4n) is 5.38. The lowest BCUT2D eigenvalue weighted by molar-refractivity contribution is -0.124. The first-order valence-corrected chi connectivity index (χ1v) is 11.8. The zero-order chi connectivity index (χ0) is 21.0. The molecule has 3 fully saturated rings. The van der Waals surface area contributed by atoms with Crippen molar-refractivity contribution >= 4 is 11.5 Å². The van der Waals surface area contributed by atoms with Crippen LogP contribution in [0.5, 0.6) is 0 Å². The summed E-state index contributed by atoms with van der Waals surface area (Å²) in [6.07, 6.45) is 11.5. The van der Waals surface area contributed by atoms with E-state index in [4.69, 9.17) is 0 Å². The topological polar surface area (TPSA) is 49.3 Å². The summed E-state index contributed by atoms with van der Waals surface area (Å²) >= 11 is 0. The molecule has 0 atom stereocenters. The zero-order valence-electron chi connectivity index (χ0n) is 19.2. The van der Waals surface area contributed by atoms with Gasteiger partial charge in [-0.05, 0) is 50.9 Å². The predicted molar refractivity (Wildman–Crippen MR) is 119 cm³/mol. The highest BCUT2D eigenvalue weighted by Gasteiger charge is 2.48. The number of nitrogens with zero attached hydrogens (tertiary/aromatic N) is 4. The second-order valence-corrected chi connectivity index (χ2v) is 9.42. The Hall–Kier alpha value is -1.49. The Morgan fingerprint density at radius 2 is 1.59 bits per heavy atom. The van der Waals surface area contributed by atoms with Crippen molar-refractivity contribution in [2.24, 2.45) is 11.3 Å². The van der Waals surface area contributed by atoms with Crippen LogP contribution in [0.25, 0.3) is 0 Å². The van der Waals surface area contributed by atoms with Gasteiger partial charge in [0.25, 0.3) is 0 Å². The van der Waals surface area contributed by atoms with Crippen molar-refractivity contribution in [3.63, 3.8) is 0 Å². The van der Waals surface area contributed by atoms with Crippen molar-refractivity contribution in [2.75, 3.05) is 31.1 Å². The molecular weight excluding hydrogens is 360 g/mol. The van der Waals surface area contributed by atoms with Crippen molar-refractivity contribution in [3.8, 4) is 0 Å². The van der Waals surface area contributed by atoms with Gasteiger partial charge in [0.05, 0.1) is 18.1 Å². The van der Waals surface area contributed by atoms with E-state index in [1.807, 2.05) is 26.2 Å². The number of hydrogen-bond donors (Lipinski definition) is 0. The normalized spacial score (nSPS) is 29.9. The van der Waals surface area contributed by atoms with Gasteiger partial charge >= 0.3 is 0 Å². The summed E-state index contributed by atoms with van der Waals surface area (Å²) in [4.78, 5) is 25.8. The second-order valence-electron chi connectivity index (χ2n) is 9.42. The number of anilines is 1. The maximum atomic E-state index is 11.6. The monoisotopic (exact) mass is 400 g/mol. The molecule has 5 heteroatoms. The first-order chi connectivity index (χ1) is 14.0. The smallest absolute Gasteiger partial charge is 0.132 e. The molecule has 162 valence electrons. The summed E-state index contributed by atoms with van der Waals surface area (Å²) in [6, 6.07) is 0.764. The molecular formula is C24H40N4O. The molecule has 1 saturated heterocycles. The van der Waals surface area contributed by atoms with Crippen LogP contribution in [0, 0.1) is 11.3 Å². The SMILES string of the molecule is CC.CC(=O)C1CCC2(CC1)CC(N1CCN(c3cnc(C(C)C)nc3)CC1)C2. The number of piperazine rings is 1. The number of aromatic nitrogens is 2. The maximum Gasteiger partial charge on any atom is 0.132 e. The van der Waals surface area contributed by atoms with Gasteiger partial charge in [-0.2, -0.15) is 0 Å². The van der Waals surface area contributed by atoms with E-state index in [0.29, 0.717) is 23.0 Å². The van der Waals surface area contributed by atoms with E-state index in [-0.39, 0.29) is 0 Å². The maximum absolute atomic E-state index is 11.6. The highest BCUT2D eigenvalue weighted by atomic mass is 16.1. The Labute approximate surface area is 177 Å². The summed E-state index contributed by atoms with van der Waals surface area (Å²) < 4.78 is 0. The van der Waals surface area contributed by atoms with Crippen molar-refractivity contribution in [2.45, 2.75) is 85.1 Å². The van der Waals surface area contributed by atoms with Gasteiger partial charge in [0.15, 0.2) is 0 Å². The molecule has 0 amide bonds. The van der Waals surface area contributed by atoms with Crippen LogP contribution < -0.4 is 4.90 Å². The highest BCUT2D eigenvalue weighted by Crippen LogP contribution is 2.54. The fourth-order valence-corrected chi connectivity index (χ4v) is 5.38. The number of rotatable bonds is 4. The van der Waals surface area contributed by atoms with Crippen LogP contribution in [0.4, 0.5) is 5.69 Å². The fraction of sp³-hybridized carbons (Fsp3) is 0.792. The van der Waals surface area contributed by atoms with Crippen LogP contribution in [-0.2, 0) is 4.79 Å². The first-order valence-electron chi connectivity index (χ1n) is 11.8. The quantitative estimate of drug-likeness (QED) is 0.735. The van der Waals surface area contributed by atoms with Crippen LogP contribution in [0.3, 0.4) is 0 Å². The van der Waals surface area contributed by atoms with Crippen molar-refractivity contribution in [1.29, 1.82) is 0 Å². The molecule has 1 aromatic heterocycles. The minimum absolute atomic E-state index is 0.350. The van der Waals surface area contributed by atoms with Crippen molar-refractivity contribution in [1.82, 2.24) is 14.9 Å². The molecule has 2 saturated carbocycles. The summed E-state index contributed by atoms with van der Waals surface area (Å²) in [5, 5.41) is 0. The molecule has 0 radical (unpaired) electrons. The third-order valence-electron chi connectivity index (χ3n) is 7.33. The summed E-state index contributed by atoms with van der Waals surface area (Å²) in [5.41, 5.74) is 1.72.